The molecule has 0 unspecified atom stereocenters. The van der Waals surface area contributed by atoms with Gasteiger partial charge in [0.25, 0.3) is 0 Å². The number of unbranched alkanes of at least 4 members (excludes halogenated alkanes) is 6. The summed E-state index contributed by atoms with van der Waals surface area (Å²) < 4.78 is 22.6. The molecule has 57 heavy (non-hydrogen) atoms. The van der Waals surface area contributed by atoms with Crippen LogP contribution in [0.5, 0.6) is 0 Å². The van der Waals surface area contributed by atoms with Gasteiger partial charge >= 0.3 is 5.97 Å². The monoisotopic (exact) mass is 800 g/mol. The topological polar surface area (TPSA) is 162 Å². The molecule has 3 amide bonds. The van der Waals surface area contributed by atoms with Crippen molar-refractivity contribution in [3.8, 4) is 0 Å². The molecule has 12 heteroatoms. The van der Waals surface area contributed by atoms with Crippen LogP contribution >= 0.6 is 0 Å². The third-order valence-corrected chi connectivity index (χ3v) is 9.82. The van der Waals surface area contributed by atoms with Gasteiger partial charge in [-0.15, -0.1) is 0 Å². The van der Waals surface area contributed by atoms with Crippen LogP contribution in [-0.2, 0) is 44.5 Å². The van der Waals surface area contributed by atoms with Gasteiger partial charge in [-0.1, -0.05) is 116 Å². The molecule has 0 spiro atoms. The number of aliphatic carboxylic acids is 1. The first-order chi connectivity index (χ1) is 27.5. The molecule has 0 aliphatic heterocycles. The molecule has 0 aliphatic carbocycles. The highest BCUT2D eigenvalue weighted by Crippen LogP contribution is 2.24. The average Bonchev–Trinajstić information content (AvgIpc) is 3.18. The van der Waals surface area contributed by atoms with Gasteiger partial charge in [-0.3, -0.25) is 14.4 Å². The van der Waals surface area contributed by atoms with Crippen LogP contribution < -0.4 is 16.0 Å². The summed E-state index contributed by atoms with van der Waals surface area (Å²) in [4.78, 5) is 51.0. The van der Waals surface area contributed by atoms with Gasteiger partial charge in [0.2, 0.25) is 17.7 Å². The molecule has 2 aromatic rings. The molecule has 2 rings (SSSR count). The van der Waals surface area contributed by atoms with Crippen molar-refractivity contribution >= 4 is 34.5 Å². The maximum absolute atomic E-state index is 13.9. The number of carboxylic acid groups (broad SMARTS) is 1. The Balaban J connectivity index is 1.70. The van der Waals surface area contributed by atoms with E-state index in [1.54, 1.807) is 13.8 Å². The minimum atomic E-state index is -1.11. The lowest BCUT2D eigenvalue weighted by atomic mass is 9.90. The molecule has 0 radical (unpaired) electrons. The van der Waals surface area contributed by atoms with E-state index in [2.05, 4.69) is 28.9 Å². The number of nitrogens with one attached hydrogen (secondary N) is 3. The van der Waals surface area contributed by atoms with Crippen LogP contribution in [0.15, 0.2) is 42.5 Å². The Hall–Kier alpha value is -3.58. The zero-order valence-electron chi connectivity index (χ0n) is 35.5. The normalized spacial score (nSPS) is 13.1. The molecule has 4 N–H and O–H groups in total. The minimum Gasteiger partial charge on any atom is -0.480 e. The predicted molar refractivity (Wildman–Crippen MR) is 225 cm³/mol. The lowest BCUT2D eigenvalue weighted by Gasteiger charge is -2.26. The van der Waals surface area contributed by atoms with Gasteiger partial charge in [-0.2, -0.15) is 0 Å². The zero-order valence-corrected chi connectivity index (χ0v) is 35.5. The highest BCUT2D eigenvalue weighted by atomic mass is 16.6. The molecule has 322 valence electrons. The van der Waals surface area contributed by atoms with Crippen LogP contribution in [0.1, 0.15) is 111 Å². The van der Waals surface area contributed by atoms with Crippen LogP contribution in [0.4, 0.5) is 0 Å². The molecule has 0 aliphatic rings. The van der Waals surface area contributed by atoms with Gasteiger partial charge in [0.15, 0.2) is 0 Å². The fraction of sp³-hybridized carbons (Fsp3) is 0.689. The van der Waals surface area contributed by atoms with E-state index in [0.29, 0.717) is 91.5 Å². The van der Waals surface area contributed by atoms with Crippen molar-refractivity contribution in [3.05, 3.63) is 48.0 Å². The first-order valence-corrected chi connectivity index (χ1v) is 21.4. The smallest absolute Gasteiger partial charge is 0.326 e. The molecule has 2 aromatic carbocycles. The number of carbonyl (C=O) groups is 4. The van der Waals surface area contributed by atoms with E-state index in [4.69, 9.17) is 18.9 Å². The molecule has 12 nitrogen and oxygen atoms in total. The van der Waals surface area contributed by atoms with Crippen LogP contribution in [0.25, 0.3) is 10.8 Å². The third kappa shape index (κ3) is 22.2. The third-order valence-electron chi connectivity index (χ3n) is 9.82. The summed E-state index contributed by atoms with van der Waals surface area (Å²) in [6, 6.07) is 12.2. The Morgan fingerprint density at radius 3 is 1.89 bits per heavy atom. The van der Waals surface area contributed by atoms with Gasteiger partial charge in [-0.05, 0) is 60.3 Å². The van der Waals surface area contributed by atoms with Crippen molar-refractivity contribution in [3.63, 3.8) is 0 Å². The van der Waals surface area contributed by atoms with E-state index in [-0.39, 0.29) is 23.7 Å². The van der Waals surface area contributed by atoms with E-state index in [9.17, 15) is 24.3 Å². The number of fused-ring (bicyclic) bond motifs is 1. The number of rotatable bonds is 34. The van der Waals surface area contributed by atoms with Crippen LogP contribution in [0, 0.1) is 17.8 Å². The molecule has 0 heterocycles. The van der Waals surface area contributed by atoms with Crippen LogP contribution in [0.2, 0.25) is 0 Å². The molecule has 0 saturated heterocycles. The second-order valence-corrected chi connectivity index (χ2v) is 15.6. The number of benzene rings is 2. The summed E-state index contributed by atoms with van der Waals surface area (Å²) in [6.45, 7) is 13.6. The standard InChI is InChI=1S/C45H73N3O9/c1-6-7-8-9-10-11-12-22-41(49)46-23-25-55-27-29-57-31-30-56-28-26-54-24-16-20-38(33-37-19-15-18-36-17-13-14-21-39(36)37)43(50)47-40(32-34(2)3)44(51)48-42(35(4)5)45(52)53/h13-15,17-19,21,34-35,38,40,42H,6-12,16,20,22-33H2,1-5H3,(H,46,49)(H,47,50)(H,48,51)(H,52,53)/t38-,40-,42-/m0/s1. The summed E-state index contributed by atoms with van der Waals surface area (Å²) >= 11 is 0. The summed E-state index contributed by atoms with van der Waals surface area (Å²) in [5.74, 6) is -2.40. The number of carbonyl (C=O) groups excluding carboxylic acids is 3. The minimum absolute atomic E-state index is 0.0862. The average molecular weight is 800 g/mol. The maximum Gasteiger partial charge on any atom is 0.326 e. The molecular weight excluding hydrogens is 727 g/mol. The van der Waals surface area contributed by atoms with Crippen LogP contribution in [0.3, 0.4) is 0 Å². The summed E-state index contributed by atoms with van der Waals surface area (Å²) in [5, 5.41) is 20.3. The number of amides is 3. The Labute approximate surface area is 341 Å². The summed E-state index contributed by atoms with van der Waals surface area (Å²) in [6.07, 6.45) is 11.0. The molecule has 0 saturated carbocycles. The Kier molecular flexibility index (Phi) is 26.5. The van der Waals surface area contributed by atoms with Gasteiger partial charge in [0.1, 0.15) is 12.1 Å². The van der Waals surface area contributed by atoms with Crippen molar-refractivity contribution in [1.29, 1.82) is 0 Å². The quantitative estimate of drug-likeness (QED) is 0.0555. The van der Waals surface area contributed by atoms with Crippen molar-refractivity contribution in [2.45, 2.75) is 124 Å². The fourth-order valence-electron chi connectivity index (χ4n) is 6.61. The second-order valence-electron chi connectivity index (χ2n) is 15.6. The van der Waals surface area contributed by atoms with Crippen molar-refractivity contribution in [2.24, 2.45) is 17.8 Å². The lowest BCUT2D eigenvalue weighted by Crippen LogP contribution is -2.54. The molecule has 0 fully saturated rings. The maximum atomic E-state index is 13.9. The molecule has 0 bridgehead atoms. The Morgan fingerprint density at radius 2 is 1.26 bits per heavy atom. The van der Waals surface area contributed by atoms with E-state index in [1.807, 2.05) is 50.2 Å². The highest BCUT2D eigenvalue weighted by molar-refractivity contribution is 5.91. The van der Waals surface area contributed by atoms with Gasteiger partial charge < -0.3 is 40.0 Å². The van der Waals surface area contributed by atoms with Crippen LogP contribution in [-0.4, -0.2) is 100 Å². The first kappa shape index (κ1) is 49.6. The van der Waals surface area contributed by atoms with E-state index < -0.39 is 29.9 Å². The van der Waals surface area contributed by atoms with E-state index in [1.165, 1.54) is 32.1 Å². The number of carboxylic acids is 1. The first-order valence-electron chi connectivity index (χ1n) is 21.4. The van der Waals surface area contributed by atoms with Gasteiger partial charge in [0, 0.05) is 25.5 Å². The zero-order chi connectivity index (χ0) is 41.7. The number of hydrogen-bond donors (Lipinski definition) is 4. The van der Waals surface area contributed by atoms with Gasteiger partial charge in [0.05, 0.1) is 46.2 Å². The van der Waals surface area contributed by atoms with Crippen molar-refractivity contribution < 1.29 is 43.2 Å². The van der Waals surface area contributed by atoms with Crippen molar-refractivity contribution in [1.82, 2.24) is 16.0 Å². The van der Waals surface area contributed by atoms with E-state index in [0.717, 1.165) is 29.2 Å². The van der Waals surface area contributed by atoms with Crippen molar-refractivity contribution in [2.75, 3.05) is 59.4 Å². The van der Waals surface area contributed by atoms with Gasteiger partial charge in [-0.25, -0.2) is 4.79 Å². The summed E-state index contributed by atoms with van der Waals surface area (Å²) in [7, 11) is 0. The fourth-order valence-corrected chi connectivity index (χ4v) is 6.61. The summed E-state index contributed by atoms with van der Waals surface area (Å²) in [5.41, 5.74) is 1.05. The number of ether oxygens (including phenoxy) is 4. The number of hydrogen-bond acceptors (Lipinski definition) is 8. The van der Waals surface area contributed by atoms with E-state index >= 15 is 0 Å². The molecular formula is C45H73N3O9. The molecule has 0 aromatic heterocycles. The largest absolute Gasteiger partial charge is 0.480 e. The lowest BCUT2D eigenvalue weighted by molar-refractivity contribution is -0.143. The second kappa shape index (κ2) is 30.5. The SMILES string of the molecule is CCCCCCCCCC(=O)NCCOCCOCCOCCOCCC[C@@H](Cc1cccc2ccccc12)C(=O)N[C@@H](CC(C)C)C(=O)N[C@H](C(=O)O)C(C)C. The highest BCUT2D eigenvalue weighted by Gasteiger charge is 2.31. The predicted octanol–water partition coefficient (Wildman–Crippen LogP) is 6.86. The molecule has 3 atom stereocenters. The Bertz CT molecular complexity index is 1410. The Morgan fingerprint density at radius 1 is 0.667 bits per heavy atom.